The molecule has 0 radical (unpaired) electrons. The SMILES string of the molecule is COC(=O)c1ccc(/C(CNC(=O)C2(c3ccc(Cl)cc3)CC2)=N/O)cc1. The summed E-state index contributed by atoms with van der Waals surface area (Å²) in [5.41, 5.74) is 1.67. The Morgan fingerprint density at radius 1 is 1.11 bits per heavy atom. The van der Waals surface area contributed by atoms with Gasteiger partial charge in [-0.2, -0.15) is 0 Å². The molecule has 0 aromatic heterocycles. The lowest BCUT2D eigenvalue weighted by molar-refractivity contribution is -0.123. The van der Waals surface area contributed by atoms with Gasteiger partial charge in [-0.25, -0.2) is 4.79 Å². The average Bonchev–Trinajstić information content (AvgIpc) is 3.50. The molecule has 0 atom stereocenters. The number of hydrogen-bond donors (Lipinski definition) is 2. The van der Waals surface area contributed by atoms with Crippen molar-refractivity contribution in [1.82, 2.24) is 5.32 Å². The van der Waals surface area contributed by atoms with Gasteiger partial charge in [-0.05, 0) is 42.7 Å². The molecule has 27 heavy (non-hydrogen) atoms. The molecule has 0 saturated heterocycles. The topological polar surface area (TPSA) is 88.0 Å². The molecule has 7 heteroatoms. The van der Waals surface area contributed by atoms with Crippen molar-refractivity contribution in [2.75, 3.05) is 13.7 Å². The molecule has 0 aliphatic heterocycles. The zero-order valence-corrected chi connectivity index (χ0v) is 15.5. The molecule has 2 N–H and O–H groups in total. The zero-order valence-electron chi connectivity index (χ0n) is 14.7. The van der Waals surface area contributed by atoms with E-state index in [0.29, 0.717) is 21.9 Å². The van der Waals surface area contributed by atoms with Crippen LogP contribution in [0.3, 0.4) is 0 Å². The molecular weight excluding hydrogens is 368 g/mol. The van der Waals surface area contributed by atoms with Gasteiger partial charge in [0.2, 0.25) is 5.91 Å². The van der Waals surface area contributed by atoms with Crippen molar-refractivity contribution in [2.24, 2.45) is 5.16 Å². The number of oxime groups is 1. The van der Waals surface area contributed by atoms with E-state index >= 15 is 0 Å². The highest BCUT2D eigenvalue weighted by Gasteiger charge is 2.51. The van der Waals surface area contributed by atoms with Crippen LogP contribution in [-0.2, 0) is 14.9 Å². The number of carbonyl (C=O) groups excluding carboxylic acids is 2. The summed E-state index contributed by atoms with van der Waals surface area (Å²) < 4.78 is 4.65. The van der Waals surface area contributed by atoms with Crippen molar-refractivity contribution in [3.8, 4) is 0 Å². The van der Waals surface area contributed by atoms with E-state index in [4.69, 9.17) is 11.6 Å². The molecule has 1 fully saturated rings. The van der Waals surface area contributed by atoms with Crippen LogP contribution in [0, 0.1) is 0 Å². The van der Waals surface area contributed by atoms with Gasteiger partial charge >= 0.3 is 5.97 Å². The van der Waals surface area contributed by atoms with E-state index < -0.39 is 11.4 Å². The quantitative estimate of drug-likeness (QED) is 0.345. The summed E-state index contributed by atoms with van der Waals surface area (Å²) in [5.74, 6) is -0.562. The molecule has 0 spiro atoms. The third-order valence-corrected chi connectivity index (χ3v) is 5.01. The third-order valence-electron chi connectivity index (χ3n) is 4.76. The summed E-state index contributed by atoms with van der Waals surface area (Å²) >= 11 is 5.92. The first-order valence-corrected chi connectivity index (χ1v) is 8.82. The van der Waals surface area contributed by atoms with Crippen LogP contribution in [0.1, 0.15) is 34.3 Å². The first-order chi connectivity index (χ1) is 13.0. The number of methoxy groups -OCH3 is 1. The van der Waals surface area contributed by atoms with Gasteiger partial charge in [0.1, 0.15) is 5.71 Å². The number of halogens is 1. The van der Waals surface area contributed by atoms with Crippen molar-refractivity contribution in [3.05, 3.63) is 70.2 Å². The van der Waals surface area contributed by atoms with Crippen LogP contribution in [0.15, 0.2) is 53.7 Å². The number of hydrogen-bond acceptors (Lipinski definition) is 5. The fourth-order valence-electron chi connectivity index (χ4n) is 2.99. The van der Waals surface area contributed by atoms with Gasteiger partial charge in [0.05, 0.1) is 24.6 Å². The minimum absolute atomic E-state index is 0.0717. The van der Waals surface area contributed by atoms with E-state index in [0.717, 1.165) is 18.4 Å². The molecule has 1 amide bonds. The molecule has 3 rings (SSSR count). The van der Waals surface area contributed by atoms with E-state index in [9.17, 15) is 14.8 Å². The minimum atomic E-state index is -0.542. The Balaban J connectivity index is 1.67. The third kappa shape index (κ3) is 3.95. The smallest absolute Gasteiger partial charge is 0.337 e. The number of nitrogens with one attached hydrogen (secondary N) is 1. The number of rotatable bonds is 6. The van der Waals surface area contributed by atoms with E-state index in [-0.39, 0.29) is 12.5 Å². The Labute approximate surface area is 161 Å². The molecule has 140 valence electrons. The predicted molar refractivity (Wildman–Crippen MR) is 101 cm³/mol. The highest BCUT2D eigenvalue weighted by Crippen LogP contribution is 2.48. The summed E-state index contributed by atoms with van der Waals surface area (Å²) in [6.45, 7) is 0.0717. The molecule has 1 aliphatic rings. The van der Waals surface area contributed by atoms with Crippen LogP contribution in [0.2, 0.25) is 5.02 Å². The van der Waals surface area contributed by atoms with Crippen LogP contribution in [0.4, 0.5) is 0 Å². The van der Waals surface area contributed by atoms with Gasteiger partial charge in [0, 0.05) is 10.6 Å². The van der Waals surface area contributed by atoms with Crippen molar-refractivity contribution in [2.45, 2.75) is 18.3 Å². The van der Waals surface area contributed by atoms with Gasteiger partial charge in [-0.1, -0.05) is 41.0 Å². The Morgan fingerprint density at radius 3 is 2.22 bits per heavy atom. The fraction of sp³-hybridized carbons (Fsp3) is 0.250. The molecule has 0 bridgehead atoms. The van der Waals surface area contributed by atoms with Crippen molar-refractivity contribution in [1.29, 1.82) is 0 Å². The lowest BCUT2D eigenvalue weighted by Crippen LogP contribution is -2.38. The number of ether oxygens (including phenoxy) is 1. The summed E-state index contributed by atoms with van der Waals surface area (Å²) in [6, 6.07) is 13.7. The molecule has 0 heterocycles. The van der Waals surface area contributed by atoms with E-state index in [1.165, 1.54) is 7.11 Å². The number of benzene rings is 2. The number of esters is 1. The van der Waals surface area contributed by atoms with Gasteiger partial charge in [0.25, 0.3) is 0 Å². The standard InChI is InChI=1S/C20H19ClN2O4/c1-27-18(24)14-4-2-13(3-5-14)17(23-26)12-22-19(25)20(10-11-20)15-6-8-16(21)9-7-15/h2-9,26H,10-12H2,1H3,(H,22,25)/b23-17+. The Hall–Kier alpha value is -2.86. The van der Waals surface area contributed by atoms with Gasteiger partial charge < -0.3 is 15.3 Å². The first-order valence-electron chi connectivity index (χ1n) is 8.44. The zero-order chi connectivity index (χ0) is 19.4. The lowest BCUT2D eigenvalue weighted by Gasteiger charge is -2.16. The second-order valence-electron chi connectivity index (χ2n) is 6.39. The highest BCUT2D eigenvalue weighted by atomic mass is 35.5. The van der Waals surface area contributed by atoms with Crippen LogP contribution in [-0.4, -0.2) is 36.4 Å². The van der Waals surface area contributed by atoms with Crippen molar-refractivity contribution < 1.29 is 19.5 Å². The molecule has 2 aromatic carbocycles. The monoisotopic (exact) mass is 386 g/mol. The van der Waals surface area contributed by atoms with E-state index in [1.54, 1.807) is 36.4 Å². The summed E-state index contributed by atoms with van der Waals surface area (Å²) in [6.07, 6.45) is 1.53. The van der Waals surface area contributed by atoms with E-state index in [1.807, 2.05) is 12.1 Å². The summed E-state index contributed by atoms with van der Waals surface area (Å²) in [7, 11) is 1.31. The maximum Gasteiger partial charge on any atom is 0.337 e. The maximum atomic E-state index is 12.7. The molecule has 1 aliphatic carbocycles. The fourth-order valence-corrected chi connectivity index (χ4v) is 3.11. The number of amides is 1. The first kappa shape index (κ1) is 18.9. The van der Waals surface area contributed by atoms with Crippen molar-refractivity contribution in [3.63, 3.8) is 0 Å². The lowest BCUT2D eigenvalue weighted by atomic mass is 9.95. The summed E-state index contributed by atoms with van der Waals surface area (Å²) in [5, 5.41) is 16.1. The Morgan fingerprint density at radius 2 is 1.70 bits per heavy atom. The Kier molecular flexibility index (Phi) is 5.46. The van der Waals surface area contributed by atoms with Gasteiger partial charge in [-0.3, -0.25) is 4.79 Å². The Bertz CT molecular complexity index is 872. The summed E-state index contributed by atoms with van der Waals surface area (Å²) in [4.78, 5) is 24.2. The average molecular weight is 387 g/mol. The highest BCUT2D eigenvalue weighted by molar-refractivity contribution is 6.30. The maximum absolute atomic E-state index is 12.7. The molecule has 0 unspecified atom stereocenters. The molecule has 6 nitrogen and oxygen atoms in total. The number of nitrogens with zero attached hydrogens (tertiary/aromatic N) is 1. The molecule has 2 aromatic rings. The second kappa shape index (κ2) is 7.80. The normalized spacial score (nSPS) is 15.1. The minimum Gasteiger partial charge on any atom is -0.465 e. The van der Waals surface area contributed by atoms with Crippen LogP contribution < -0.4 is 5.32 Å². The van der Waals surface area contributed by atoms with Crippen molar-refractivity contribution >= 4 is 29.2 Å². The van der Waals surface area contributed by atoms with E-state index in [2.05, 4.69) is 15.2 Å². The van der Waals surface area contributed by atoms with Crippen LogP contribution in [0.25, 0.3) is 0 Å². The van der Waals surface area contributed by atoms with Crippen LogP contribution in [0.5, 0.6) is 0 Å². The van der Waals surface area contributed by atoms with Crippen LogP contribution >= 0.6 is 11.6 Å². The second-order valence-corrected chi connectivity index (χ2v) is 6.82. The van der Waals surface area contributed by atoms with Gasteiger partial charge in [-0.15, -0.1) is 0 Å². The van der Waals surface area contributed by atoms with Gasteiger partial charge in [0.15, 0.2) is 0 Å². The largest absolute Gasteiger partial charge is 0.465 e. The molecular formula is C20H19ClN2O4. The predicted octanol–water partition coefficient (Wildman–Crippen LogP) is 3.15. The molecule has 1 saturated carbocycles. The number of carbonyl (C=O) groups is 2.